The molecular weight excluding hydrogens is 260 g/mol. The molecule has 0 saturated carbocycles. The zero-order valence-corrected chi connectivity index (χ0v) is 13.7. The van der Waals surface area contributed by atoms with E-state index in [4.69, 9.17) is 4.74 Å². The van der Waals surface area contributed by atoms with Gasteiger partial charge in [0.15, 0.2) is 0 Å². The third kappa shape index (κ3) is 4.80. The third-order valence-electron chi connectivity index (χ3n) is 4.36. The summed E-state index contributed by atoms with van der Waals surface area (Å²) < 4.78 is 5.73. The summed E-state index contributed by atoms with van der Waals surface area (Å²) in [6, 6.07) is 11.7. The fraction of sp³-hybridized carbons (Fsp3) is 0.667. The quantitative estimate of drug-likeness (QED) is 0.871. The molecule has 1 heterocycles. The summed E-state index contributed by atoms with van der Waals surface area (Å²) in [5.41, 5.74) is 1.39. The van der Waals surface area contributed by atoms with Crippen molar-refractivity contribution in [3.05, 3.63) is 35.9 Å². The van der Waals surface area contributed by atoms with Crippen molar-refractivity contribution in [2.45, 2.75) is 39.3 Å². The summed E-state index contributed by atoms with van der Waals surface area (Å²) in [5.74, 6) is 0.617. The van der Waals surface area contributed by atoms with Crippen molar-refractivity contribution in [1.29, 1.82) is 0 Å². The largest absolute Gasteiger partial charge is 0.380 e. The molecule has 21 heavy (non-hydrogen) atoms. The molecule has 1 aromatic rings. The van der Waals surface area contributed by atoms with Gasteiger partial charge in [-0.2, -0.15) is 0 Å². The molecule has 1 N–H and O–H groups in total. The standard InChI is InChI=1S/C18H30N2O/c1-4-21-14-18(15(2)3)20-12-8-11-19-17(13-20)16-9-6-5-7-10-16/h5-7,9-10,15,17-19H,4,8,11-14H2,1-3H3. The van der Waals surface area contributed by atoms with Gasteiger partial charge in [-0.1, -0.05) is 44.2 Å². The molecule has 118 valence electrons. The van der Waals surface area contributed by atoms with Crippen molar-refractivity contribution in [2.75, 3.05) is 32.8 Å². The smallest absolute Gasteiger partial charge is 0.0624 e. The number of hydrogen-bond donors (Lipinski definition) is 1. The molecule has 0 amide bonds. The highest BCUT2D eigenvalue weighted by Gasteiger charge is 2.26. The minimum absolute atomic E-state index is 0.427. The van der Waals surface area contributed by atoms with Crippen molar-refractivity contribution in [3.63, 3.8) is 0 Å². The van der Waals surface area contributed by atoms with E-state index in [9.17, 15) is 0 Å². The van der Waals surface area contributed by atoms with Gasteiger partial charge in [0, 0.05) is 25.2 Å². The molecule has 2 unspecified atom stereocenters. The van der Waals surface area contributed by atoms with Crippen LogP contribution in [0.4, 0.5) is 0 Å². The molecule has 0 aliphatic carbocycles. The lowest BCUT2D eigenvalue weighted by atomic mass is 10.0. The number of benzene rings is 1. The molecule has 3 heteroatoms. The molecule has 1 aliphatic heterocycles. The van der Waals surface area contributed by atoms with Gasteiger partial charge in [0.1, 0.15) is 0 Å². The van der Waals surface area contributed by atoms with Crippen LogP contribution in [0.2, 0.25) is 0 Å². The summed E-state index contributed by atoms with van der Waals surface area (Å²) >= 11 is 0. The Kier molecular flexibility index (Phi) is 6.68. The molecule has 1 aromatic carbocycles. The fourth-order valence-corrected chi connectivity index (χ4v) is 3.12. The maximum atomic E-state index is 5.73. The predicted molar refractivity (Wildman–Crippen MR) is 88.5 cm³/mol. The van der Waals surface area contributed by atoms with Crippen LogP contribution < -0.4 is 5.32 Å². The van der Waals surface area contributed by atoms with Gasteiger partial charge in [-0.15, -0.1) is 0 Å². The molecule has 1 fully saturated rings. The Morgan fingerprint density at radius 1 is 1.29 bits per heavy atom. The summed E-state index contributed by atoms with van der Waals surface area (Å²) in [5, 5.41) is 3.70. The topological polar surface area (TPSA) is 24.5 Å². The second-order valence-corrected chi connectivity index (χ2v) is 6.24. The number of rotatable bonds is 6. The average molecular weight is 290 g/mol. The summed E-state index contributed by atoms with van der Waals surface area (Å²) in [7, 11) is 0. The first-order valence-corrected chi connectivity index (χ1v) is 8.32. The van der Waals surface area contributed by atoms with Crippen LogP contribution in [0.25, 0.3) is 0 Å². The predicted octanol–water partition coefficient (Wildman–Crippen LogP) is 3.08. The van der Waals surface area contributed by atoms with Gasteiger partial charge in [0.05, 0.1) is 6.61 Å². The lowest BCUT2D eigenvalue weighted by Crippen LogP contribution is -2.44. The van der Waals surface area contributed by atoms with Gasteiger partial charge in [-0.3, -0.25) is 4.90 Å². The molecule has 2 rings (SSSR count). The summed E-state index contributed by atoms with van der Waals surface area (Å²) in [6.07, 6.45) is 1.21. The molecule has 0 spiro atoms. The maximum Gasteiger partial charge on any atom is 0.0624 e. The van der Waals surface area contributed by atoms with Gasteiger partial charge in [-0.25, -0.2) is 0 Å². The summed E-state index contributed by atoms with van der Waals surface area (Å²) in [4.78, 5) is 2.62. The first kappa shape index (κ1) is 16.5. The Bertz CT molecular complexity index is 393. The zero-order chi connectivity index (χ0) is 15.1. The maximum absolute atomic E-state index is 5.73. The van der Waals surface area contributed by atoms with E-state index in [1.807, 2.05) is 0 Å². The minimum Gasteiger partial charge on any atom is -0.380 e. The molecule has 0 aromatic heterocycles. The van der Waals surface area contributed by atoms with E-state index in [-0.39, 0.29) is 0 Å². The molecular formula is C18H30N2O. The van der Waals surface area contributed by atoms with E-state index in [2.05, 4.69) is 61.3 Å². The Labute approximate surface area is 129 Å². The van der Waals surface area contributed by atoms with Gasteiger partial charge < -0.3 is 10.1 Å². The van der Waals surface area contributed by atoms with Gasteiger partial charge in [0.2, 0.25) is 0 Å². The molecule has 3 nitrogen and oxygen atoms in total. The number of ether oxygens (including phenoxy) is 1. The van der Waals surface area contributed by atoms with Crippen molar-refractivity contribution >= 4 is 0 Å². The molecule has 1 aliphatic rings. The van der Waals surface area contributed by atoms with Crippen LogP contribution in [0.15, 0.2) is 30.3 Å². The van der Waals surface area contributed by atoms with Crippen molar-refractivity contribution < 1.29 is 4.74 Å². The number of nitrogens with zero attached hydrogens (tertiary/aromatic N) is 1. The van der Waals surface area contributed by atoms with E-state index in [1.165, 1.54) is 12.0 Å². The second-order valence-electron chi connectivity index (χ2n) is 6.24. The van der Waals surface area contributed by atoms with Gasteiger partial charge >= 0.3 is 0 Å². The Morgan fingerprint density at radius 3 is 2.71 bits per heavy atom. The van der Waals surface area contributed by atoms with Crippen molar-refractivity contribution in [1.82, 2.24) is 10.2 Å². The second kappa shape index (κ2) is 8.52. The zero-order valence-electron chi connectivity index (χ0n) is 13.7. The number of hydrogen-bond acceptors (Lipinski definition) is 3. The van der Waals surface area contributed by atoms with E-state index in [0.717, 1.165) is 32.8 Å². The highest BCUT2D eigenvalue weighted by molar-refractivity contribution is 5.19. The molecule has 2 atom stereocenters. The van der Waals surface area contributed by atoms with Crippen LogP contribution in [0, 0.1) is 5.92 Å². The molecule has 1 saturated heterocycles. The third-order valence-corrected chi connectivity index (χ3v) is 4.36. The lowest BCUT2D eigenvalue weighted by Gasteiger charge is -2.35. The Balaban J connectivity index is 2.07. The van der Waals surface area contributed by atoms with Gasteiger partial charge in [0.25, 0.3) is 0 Å². The highest BCUT2D eigenvalue weighted by atomic mass is 16.5. The normalized spacial score (nSPS) is 22.2. The first-order valence-electron chi connectivity index (χ1n) is 8.32. The van der Waals surface area contributed by atoms with Crippen molar-refractivity contribution in [3.8, 4) is 0 Å². The van der Waals surface area contributed by atoms with Crippen LogP contribution in [-0.4, -0.2) is 43.8 Å². The van der Waals surface area contributed by atoms with E-state index < -0.39 is 0 Å². The lowest BCUT2D eigenvalue weighted by molar-refractivity contribution is 0.0432. The van der Waals surface area contributed by atoms with Crippen LogP contribution in [-0.2, 0) is 4.74 Å². The number of nitrogens with one attached hydrogen (secondary N) is 1. The monoisotopic (exact) mass is 290 g/mol. The van der Waals surface area contributed by atoms with Crippen LogP contribution in [0.5, 0.6) is 0 Å². The van der Waals surface area contributed by atoms with E-state index >= 15 is 0 Å². The highest BCUT2D eigenvalue weighted by Crippen LogP contribution is 2.21. The Morgan fingerprint density at radius 2 is 2.05 bits per heavy atom. The van der Waals surface area contributed by atoms with E-state index in [0.29, 0.717) is 18.0 Å². The Hall–Kier alpha value is -0.900. The van der Waals surface area contributed by atoms with Crippen LogP contribution >= 0.6 is 0 Å². The van der Waals surface area contributed by atoms with Gasteiger partial charge in [-0.05, 0) is 37.9 Å². The average Bonchev–Trinajstić information content (AvgIpc) is 2.74. The minimum atomic E-state index is 0.427. The van der Waals surface area contributed by atoms with Crippen LogP contribution in [0.1, 0.15) is 38.8 Å². The van der Waals surface area contributed by atoms with E-state index in [1.54, 1.807) is 0 Å². The molecule has 0 bridgehead atoms. The fourth-order valence-electron chi connectivity index (χ4n) is 3.12. The van der Waals surface area contributed by atoms with Crippen LogP contribution in [0.3, 0.4) is 0 Å². The molecule has 0 radical (unpaired) electrons. The SMILES string of the molecule is CCOCC(C(C)C)N1CCCNC(c2ccccc2)C1. The summed E-state index contributed by atoms with van der Waals surface area (Å²) in [6.45, 7) is 11.7. The first-order chi connectivity index (χ1) is 10.2. The van der Waals surface area contributed by atoms with Crippen molar-refractivity contribution in [2.24, 2.45) is 5.92 Å².